The molecule has 144 valence electrons. The van der Waals surface area contributed by atoms with E-state index < -0.39 is 9.84 Å². The summed E-state index contributed by atoms with van der Waals surface area (Å²) in [4.78, 5) is 7.49. The number of aryl methyl sites for hydroxylation is 1. The highest BCUT2D eigenvalue weighted by Gasteiger charge is 2.06. The van der Waals surface area contributed by atoms with Gasteiger partial charge in [0.2, 0.25) is 0 Å². The lowest BCUT2D eigenvalue weighted by atomic mass is 10.1. The lowest BCUT2D eigenvalue weighted by molar-refractivity contribution is 0.602. The van der Waals surface area contributed by atoms with Crippen LogP contribution in [0.2, 0.25) is 0 Å². The third kappa shape index (κ3) is 7.63. The summed E-state index contributed by atoms with van der Waals surface area (Å²) in [6.45, 7) is 6.33. The number of hydrogen-bond acceptors (Lipinski definition) is 4. The average molecular weight is 507 g/mol. The van der Waals surface area contributed by atoms with E-state index in [1.165, 1.54) is 16.0 Å². The fraction of sp³-hybridized carbons (Fsp3) is 0.389. The Kier molecular flexibility index (Phi) is 9.59. The highest BCUT2D eigenvalue weighted by atomic mass is 127. The van der Waals surface area contributed by atoms with E-state index in [4.69, 9.17) is 0 Å². The van der Waals surface area contributed by atoms with E-state index in [1.807, 2.05) is 19.1 Å². The molecule has 5 nitrogen and oxygen atoms in total. The molecule has 1 aromatic carbocycles. The number of rotatable bonds is 7. The molecule has 0 saturated heterocycles. The van der Waals surface area contributed by atoms with Crippen LogP contribution in [0.1, 0.15) is 22.2 Å². The van der Waals surface area contributed by atoms with Gasteiger partial charge in [0.25, 0.3) is 0 Å². The summed E-state index contributed by atoms with van der Waals surface area (Å²) in [6.07, 6.45) is 2.02. The molecule has 0 amide bonds. The monoisotopic (exact) mass is 507 g/mol. The molecule has 2 aromatic rings. The van der Waals surface area contributed by atoms with Crippen LogP contribution >= 0.6 is 35.3 Å². The largest absolute Gasteiger partial charge is 0.357 e. The molecular formula is C18H26IN3O2S2. The van der Waals surface area contributed by atoms with E-state index in [2.05, 4.69) is 34.7 Å². The van der Waals surface area contributed by atoms with E-state index >= 15 is 0 Å². The molecule has 0 radical (unpaired) electrons. The Morgan fingerprint density at radius 2 is 1.81 bits per heavy atom. The first-order chi connectivity index (χ1) is 11.9. The van der Waals surface area contributed by atoms with Crippen molar-refractivity contribution in [3.63, 3.8) is 0 Å². The molecular weight excluding hydrogens is 481 g/mol. The van der Waals surface area contributed by atoms with Crippen molar-refractivity contribution < 1.29 is 8.42 Å². The third-order valence-electron chi connectivity index (χ3n) is 3.59. The lowest BCUT2D eigenvalue weighted by Gasteiger charge is -2.11. The van der Waals surface area contributed by atoms with E-state index in [0.717, 1.165) is 31.0 Å². The Hall–Kier alpha value is -1.13. The van der Waals surface area contributed by atoms with Gasteiger partial charge in [-0.25, -0.2) is 13.4 Å². The maximum absolute atomic E-state index is 11.5. The predicted molar refractivity (Wildman–Crippen MR) is 121 cm³/mol. The van der Waals surface area contributed by atoms with Gasteiger partial charge in [-0.3, -0.25) is 0 Å². The number of nitrogens with one attached hydrogen (secondary N) is 2. The number of thiophene rings is 1. The lowest BCUT2D eigenvalue weighted by Crippen LogP contribution is -2.38. The Morgan fingerprint density at radius 3 is 2.35 bits per heavy atom. The first-order valence-electron chi connectivity index (χ1n) is 8.25. The van der Waals surface area contributed by atoms with Crippen LogP contribution in [0.5, 0.6) is 0 Å². The standard InChI is InChI=1S/C18H25N3O2S2.HI/c1-4-19-18(21-13-16-8-5-14(2)24-16)20-12-11-15-6-9-17(10-7-15)25(3,22)23;/h5-10H,4,11-13H2,1-3H3,(H2,19,20,21);1H. The predicted octanol–water partition coefficient (Wildman–Crippen LogP) is 3.38. The zero-order valence-corrected chi connectivity index (χ0v) is 19.2. The van der Waals surface area contributed by atoms with Crippen molar-refractivity contribution in [2.24, 2.45) is 4.99 Å². The second-order valence-electron chi connectivity index (χ2n) is 5.80. The normalized spacial score (nSPS) is 11.7. The first-order valence-corrected chi connectivity index (χ1v) is 11.0. The summed E-state index contributed by atoms with van der Waals surface area (Å²) in [5, 5.41) is 6.56. The number of nitrogens with zero attached hydrogens (tertiary/aromatic N) is 1. The van der Waals surface area contributed by atoms with Gasteiger partial charge in [-0.2, -0.15) is 0 Å². The number of sulfone groups is 1. The van der Waals surface area contributed by atoms with Gasteiger partial charge in [-0.1, -0.05) is 12.1 Å². The molecule has 2 N–H and O–H groups in total. The fourth-order valence-electron chi connectivity index (χ4n) is 2.30. The second kappa shape index (κ2) is 10.9. The molecule has 0 saturated carbocycles. The van der Waals surface area contributed by atoms with E-state index in [1.54, 1.807) is 23.5 Å². The molecule has 0 aliphatic carbocycles. The minimum absolute atomic E-state index is 0. The van der Waals surface area contributed by atoms with Gasteiger partial charge in [-0.05, 0) is 50.1 Å². The van der Waals surface area contributed by atoms with Crippen molar-refractivity contribution in [1.29, 1.82) is 0 Å². The van der Waals surface area contributed by atoms with Crippen LogP contribution in [-0.2, 0) is 22.8 Å². The summed E-state index contributed by atoms with van der Waals surface area (Å²) in [5.41, 5.74) is 1.09. The molecule has 1 heterocycles. The maximum Gasteiger partial charge on any atom is 0.191 e. The Labute approximate surface area is 177 Å². The van der Waals surface area contributed by atoms with Gasteiger partial charge < -0.3 is 10.6 Å². The van der Waals surface area contributed by atoms with Gasteiger partial charge in [0.1, 0.15) is 0 Å². The van der Waals surface area contributed by atoms with Crippen LogP contribution in [0.3, 0.4) is 0 Å². The zero-order valence-electron chi connectivity index (χ0n) is 15.3. The van der Waals surface area contributed by atoms with Crippen molar-refractivity contribution in [2.75, 3.05) is 19.3 Å². The van der Waals surface area contributed by atoms with Crippen LogP contribution in [0, 0.1) is 6.92 Å². The Bertz CT molecular complexity index is 815. The van der Waals surface area contributed by atoms with Crippen molar-refractivity contribution in [3.8, 4) is 0 Å². The van der Waals surface area contributed by atoms with E-state index in [0.29, 0.717) is 11.4 Å². The van der Waals surface area contributed by atoms with E-state index in [-0.39, 0.29) is 24.0 Å². The SMILES string of the molecule is CCNC(=NCc1ccc(C)s1)NCCc1ccc(S(C)(=O)=O)cc1.I. The molecule has 0 aliphatic rings. The van der Waals surface area contributed by atoms with Gasteiger partial charge >= 0.3 is 0 Å². The Morgan fingerprint density at radius 1 is 1.12 bits per heavy atom. The van der Waals surface area contributed by atoms with Crippen LogP contribution < -0.4 is 10.6 Å². The topological polar surface area (TPSA) is 70.6 Å². The average Bonchev–Trinajstić information content (AvgIpc) is 2.98. The van der Waals surface area contributed by atoms with Crippen LogP contribution in [-0.4, -0.2) is 33.7 Å². The molecule has 0 unspecified atom stereocenters. The van der Waals surface area contributed by atoms with Crippen molar-refractivity contribution in [3.05, 3.63) is 51.7 Å². The van der Waals surface area contributed by atoms with Gasteiger partial charge in [0.05, 0.1) is 11.4 Å². The number of aliphatic imine (C=N–C) groups is 1. The van der Waals surface area contributed by atoms with Gasteiger partial charge in [-0.15, -0.1) is 35.3 Å². The number of hydrogen-bond donors (Lipinski definition) is 2. The molecule has 0 bridgehead atoms. The fourth-order valence-corrected chi connectivity index (χ4v) is 3.74. The minimum atomic E-state index is -3.14. The highest BCUT2D eigenvalue weighted by molar-refractivity contribution is 14.0. The summed E-state index contributed by atoms with van der Waals surface area (Å²) >= 11 is 1.76. The van der Waals surface area contributed by atoms with Crippen molar-refractivity contribution in [2.45, 2.75) is 31.7 Å². The highest BCUT2D eigenvalue weighted by Crippen LogP contribution is 2.15. The molecule has 0 fully saturated rings. The smallest absolute Gasteiger partial charge is 0.191 e. The molecule has 0 spiro atoms. The summed E-state index contributed by atoms with van der Waals surface area (Å²) in [5.74, 6) is 0.793. The number of halogens is 1. The maximum atomic E-state index is 11.5. The van der Waals surface area contributed by atoms with Gasteiger partial charge in [0, 0.05) is 29.1 Å². The van der Waals surface area contributed by atoms with Gasteiger partial charge in [0.15, 0.2) is 15.8 Å². The summed E-state index contributed by atoms with van der Waals surface area (Å²) in [6, 6.07) is 11.2. The first kappa shape index (κ1) is 22.9. The van der Waals surface area contributed by atoms with Crippen molar-refractivity contribution in [1.82, 2.24) is 10.6 Å². The number of guanidine groups is 1. The summed E-state index contributed by atoms with van der Waals surface area (Å²) < 4.78 is 22.9. The number of benzene rings is 1. The molecule has 0 aliphatic heterocycles. The molecule has 26 heavy (non-hydrogen) atoms. The van der Waals surface area contributed by atoms with Crippen LogP contribution in [0.15, 0.2) is 46.3 Å². The van der Waals surface area contributed by atoms with Crippen molar-refractivity contribution >= 4 is 51.1 Å². The molecule has 0 atom stereocenters. The van der Waals surface area contributed by atoms with Crippen LogP contribution in [0.4, 0.5) is 0 Å². The molecule has 1 aromatic heterocycles. The zero-order chi connectivity index (χ0) is 18.3. The quantitative estimate of drug-likeness (QED) is 0.343. The second-order valence-corrected chi connectivity index (χ2v) is 9.19. The third-order valence-corrected chi connectivity index (χ3v) is 5.70. The minimum Gasteiger partial charge on any atom is -0.357 e. The Balaban J connectivity index is 0.00000338. The summed E-state index contributed by atoms with van der Waals surface area (Å²) in [7, 11) is -3.14. The molecule has 2 rings (SSSR count). The van der Waals surface area contributed by atoms with E-state index in [9.17, 15) is 8.42 Å². The molecule has 8 heteroatoms. The van der Waals surface area contributed by atoms with Crippen LogP contribution in [0.25, 0.3) is 0 Å².